The fourth-order valence-electron chi connectivity index (χ4n) is 0.665. The molecule has 0 aliphatic heterocycles. The molecular formula is C7H9N2O2RbS. The molecule has 0 aromatic carbocycles. The predicted molar refractivity (Wildman–Crippen MR) is 47.0 cm³/mol. The Kier molecular flexibility index (Phi) is 7.44. The van der Waals surface area contributed by atoms with Crippen molar-refractivity contribution in [3.63, 3.8) is 0 Å². The van der Waals surface area contributed by atoms with E-state index in [1.807, 2.05) is 0 Å². The van der Waals surface area contributed by atoms with Crippen LogP contribution in [0.15, 0.2) is 6.20 Å². The van der Waals surface area contributed by atoms with Crippen LogP contribution in [0.4, 0.5) is 5.13 Å². The van der Waals surface area contributed by atoms with Crippen molar-refractivity contribution in [2.75, 3.05) is 13.7 Å². The first-order valence-corrected chi connectivity index (χ1v) is 4.32. The smallest absolute Gasteiger partial charge is 0.462 e. The standard InChI is InChI=1S/C7H10N2O2S.Rb/c1-3-11-6(10)5-4-9-7(8-2)12-5;/h4H,3H2,1-2H3,(H,8,9,10);/q;+1/p-1. The fraction of sp³-hybridized carbons (Fsp3) is 0.429. The number of aromatic nitrogens is 1. The molecule has 0 aliphatic carbocycles. The van der Waals surface area contributed by atoms with E-state index in [4.69, 9.17) is 4.74 Å². The molecule has 0 amide bonds. The zero-order valence-corrected chi connectivity index (χ0v) is 13.6. The van der Waals surface area contributed by atoms with Crippen molar-refractivity contribution in [2.24, 2.45) is 0 Å². The quantitative estimate of drug-likeness (QED) is 0.660. The number of carbonyl (C=O) groups excluding carboxylic acids is 1. The molecule has 1 rings (SSSR count). The van der Waals surface area contributed by atoms with Crippen LogP contribution >= 0.6 is 11.3 Å². The minimum absolute atomic E-state index is 0. The van der Waals surface area contributed by atoms with Gasteiger partial charge in [-0.25, -0.2) is 4.79 Å². The molecule has 0 spiro atoms. The van der Waals surface area contributed by atoms with Gasteiger partial charge >= 0.3 is 64.2 Å². The third kappa shape index (κ3) is 4.16. The van der Waals surface area contributed by atoms with Crippen molar-refractivity contribution in [3.8, 4) is 0 Å². The SMILES string of the molecule is CCOC(=O)c1cnc([N-]C)s1.[Rb+]. The van der Waals surface area contributed by atoms with Gasteiger partial charge in [-0.1, -0.05) is 13.2 Å². The minimum atomic E-state index is -0.329. The van der Waals surface area contributed by atoms with Crippen LogP contribution in [0.25, 0.3) is 5.32 Å². The molecule has 0 saturated heterocycles. The topological polar surface area (TPSA) is 53.3 Å². The summed E-state index contributed by atoms with van der Waals surface area (Å²) in [6, 6.07) is 0. The van der Waals surface area contributed by atoms with Crippen molar-refractivity contribution >= 4 is 22.4 Å². The van der Waals surface area contributed by atoms with Gasteiger partial charge in [0.2, 0.25) is 0 Å². The van der Waals surface area contributed by atoms with E-state index < -0.39 is 0 Å². The third-order valence-corrected chi connectivity index (χ3v) is 2.12. The second kappa shape index (κ2) is 7.06. The summed E-state index contributed by atoms with van der Waals surface area (Å²) in [5.41, 5.74) is 0. The summed E-state index contributed by atoms with van der Waals surface area (Å²) >= 11 is 1.23. The maximum Gasteiger partial charge on any atom is 1.00 e. The molecule has 0 N–H and O–H groups in total. The number of nitrogens with zero attached hydrogens (tertiary/aromatic N) is 2. The first-order valence-electron chi connectivity index (χ1n) is 3.50. The van der Waals surface area contributed by atoms with Crippen LogP contribution in [0.1, 0.15) is 16.6 Å². The first kappa shape index (κ1) is 13.7. The molecule has 0 aliphatic rings. The number of esters is 1. The Morgan fingerprint density at radius 1 is 1.77 bits per heavy atom. The molecule has 6 heteroatoms. The zero-order valence-electron chi connectivity index (χ0n) is 7.90. The summed E-state index contributed by atoms with van der Waals surface area (Å²) in [5.74, 6) is -0.329. The Morgan fingerprint density at radius 2 is 2.46 bits per heavy atom. The van der Waals surface area contributed by atoms with E-state index in [1.54, 1.807) is 14.0 Å². The van der Waals surface area contributed by atoms with Gasteiger partial charge in [-0.3, -0.25) is 0 Å². The number of hydrogen-bond donors (Lipinski definition) is 0. The molecule has 0 atom stereocenters. The normalized spacial score (nSPS) is 8.77. The molecule has 1 heterocycles. The van der Waals surface area contributed by atoms with E-state index in [1.165, 1.54) is 17.5 Å². The third-order valence-electron chi connectivity index (χ3n) is 1.16. The summed E-state index contributed by atoms with van der Waals surface area (Å²) < 4.78 is 4.78. The Hall–Kier alpha value is 0.705. The average molecular weight is 271 g/mol. The molecule has 0 fully saturated rings. The Morgan fingerprint density at radius 3 is 2.92 bits per heavy atom. The molecule has 0 saturated carbocycles. The van der Waals surface area contributed by atoms with Crippen LogP contribution in [0, 0.1) is 0 Å². The second-order valence-corrected chi connectivity index (χ2v) is 2.96. The number of thiazole rings is 1. The predicted octanol–water partition coefficient (Wildman–Crippen LogP) is -1.04. The number of carbonyl (C=O) groups is 1. The van der Waals surface area contributed by atoms with Crippen LogP contribution in [0.3, 0.4) is 0 Å². The molecule has 4 nitrogen and oxygen atoms in total. The van der Waals surface area contributed by atoms with Gasteiger partial charge in [-0.15, -0.1) is 11.3 Å². The summed E-state index contributed by atoms with van der Waals surface area (Å²) in [6.45, 7) is 2.15. The zero-order chi connectivity index (χ0) is 8.97. The van der Waals surface area contributed by atoms with Crippen molar-refractivity contribution in [2.45, 2.75) is 6.92 Å². The monoisotopic (exact) mass is 270 g/mol. The number of hydrogen-bond acceptors (Lipinski definition) is 4. The first-order chi connectivity index (χ1) is 5.77. The van der Waals surface area contributed by atoms with E-state index in [9.17, 15) is 4.79 Å². The molecule has 0 radical (unpaired) electrons. The van der Waals surface area contributed by atoms with Crippen LogP contribution < -0.4 is 58.2 Å². The fourth-order valence-corrected chi connectivity index (χ4v) is 1.31. The minimum Gasteiger partial charge on any atom is -0.462 e. The molecule has 0 bridgehead atoms. The second-order valence-electron chi connectivity index (χ2n) is 1.95. The number of rotatable bonds is 3. The Balaban J connectivity index is 0.00000144. The van der Waals surface area contributed by atoms with E-state index >= 15 is 0 Å². The van der Waals surface area contributed by atoms with Gasteiger partial charge in [0, 0.05) is 0 Å². The van der Waals surface area contributed by atoms with Gasteiger partial charge in [-0.05, 0) is 12.1 Å². The summed E-state index contributed by atoms with van der Waals surface area (Å²) in [4.78, 5) is 15.5. The van der Waals surface area contributed by atoms with E-state index in [0.29, 0.717) is 16.6 Å². The average Bonchev–Trinajstić information content (AvgIpc) is 2.52. The van der Waals surface area contributed by atoms with Crippen molar-refractivity contribution in [1.29, 1.82) is 0 Å². The van der Waals surface area contributed by atoms with Gasteiger partial charge in [0.25, 0.3) is 0 Å². The van der Waals surface area contributed by atoms with E-state index in [2.05, 4.69) is 10.3 Å². The van der Waals surface area contributed by atoms with Gasteiger partial charge in [-0.2, -0.15) is 0 Å². The van der Waals surface area contributed by atoms with Crippen molar-refractivity contribution < 1.29 is 67.7 Å². The molecule has 1 aromatic rings. The molecule has 66 valence electrons. The molecular weight excluding hydrogens is 262 g/mol. The number of ether oxygens (including phenoxy) is 1. The van der Waals surface area contributed by atoms with Crippen LogP contribution in [0.5, 0.6) is 0 Å². The van der Waals surface area contributed by atoms with E-state index in [-0.39, 0.29) is 64.2 Å². The van der Waals surface area contributed by atoms with Gasteiger partial charge in [0.15, 0.2) is 0 Å². The maximum absolute atomic E-state index is 11.1. The Bertz CT molecular complexity index is 277. The molecule has 0 unspecified atom stereocenters. The molecule has 13 heavy (non-hydrogen) atoms. The van der Waals surface area contributed by atoms with Crippen LogP contribution in [-0.4, -0.2) is 24.6 Å². The maximum atomic E-state index is 11.1. The van der Waals surface area contributed by atoms with Gasteiger partial charge in [0.05, 0.1) is 6.61 Å². The summed E-state index contributed by atoms with van der Waals surface area (Å²) in [6.07, 6.45) is 1.48. The van der Waals surface area contributed by atoms with E-state index in [0.717, 1.165) is 0 Å². The summed E-state index contributed by atoms with van der Waals surface area (Å²) in [5, 5.41) is 4.43. The van der Waals surface area contributed by atoms with Crippen LogP contribution in [0.2, 0.25) is 0 Å². The molecule has 1 aromatic heterocycles. The largest absolute Gasteiger partial charge is 1.00 e. The van der Waals surface area contributed by atoms with Crippen molar-refractivity contribution in [1.82, 2.24) is 4.98 Å². The van der Waals surface area contributed by atoms with Gasteiger partial charge < -0.3 is 15.0 Å². The Labute approximate surface area is 130 Å². The van der Waals surface area contributed by atoms with Crippen molar-refractivity contribution in [3.05, 3.63) is 16.4 Å². The van der Waals surface area contributed by atoms with Gasteiger partial charge in [0.1, 0.15) is 4.88 Å². The summed E-state index contributed by atoms with van der Waals surface area (Å²) in [7, 11) is 1.63. The van der Waals surface area contributed by atoms with Crippen LogP contribution in [-0.2, 0) is 4.74 Å².